The number of rotatable bonds is 5. The first kappa shape index (κ1) is 16.6. The Bertz CT molecular complexity index is 904. The summed E-state index contributed by atoms with van der Waals surface area (Å²) in [6.07, 6.45) is -0.540. The lowest BCUT2D eigenvalue weighted by Gasteiger charge is -2.09. The summed E-state index contributed by atoms with van der Waals surface area (Å²) in [4.78, 5) is 18.9. The van der Waals surface area contributed by atoms with Crippen molar-refractivity contribution >= 4 is 23.1 Å². The molecule has 0 aliphatic heterocycles. The maximum absolute atomic E-state index is 11.5. The summed E-state index contributed by atoms with van der Waals surface area (Å²) >= 11 is 0. The van der Waals surface area contributed by atoms with Crippen LogP contribution in [0, 0.1) is 0 Å². The van der Waals surface area contributed by atoms with Gasteiger partial charge in [0.25, 0.3) is 0 Å². The van der Waals surface area contributed by atoms with Gasteiger partial charge in [-0.2, -0.15) is 0 Å². The molecule has 130 valence electrons. The number of fused-ring (bicyclic) bond motifs is 1. The van der Waals surface area contributed by atoms with Crippen molar-refractivity contribution in [3.63, 3.8) is 0 Å². The number of imidazole rings is 1. The van der Waals surface area contributed by atoms with Crippen LogP contribution in [0.15, 0.2) is 36.4 Å². The minimum absolute atomic E-state index is 0.301. The second kappa shape index (κ2) is 7.12. The molecule has 0 bridgehead atoms. The van der Waals surface area contributed by atoms with E-state index >= 15 is 0 Å². The zero-order valence-corrected chi connectivity index (χ0v) is 14.3. The van der Waals surface area contributed by atoms with Crippen molar-refractivity contribution in [2.24, 2.45) is 0 Å². The van der Waals surface area contributed by atoms with Crippen molar-refractivity contribution < 1.29 is 19.0 Å². The molecule has 1 aromatic heterocycles. The normalized spacial score (nSPS) is 10.5. The number of anilines is 1. The molecule has 0 aliphatic carbocycles. The van der Waals surface area contributed by atoms with E-state index in [0.29, 0.717) is 24.1 Å². The Balaban J connectivity index is 1.92. The Labute approximate surface area is 144 Å². The number of benzene rings is 2. The minimum Gasteiger partial charge on any atom is -0.493 e. The standard InChI is InChI=1S/C18H19N3O4/c1-4-25-18(22)21-17-19-13-7-5-11(9-14(13)20-17)12-6-8-15(23-2)16(10-12)24-3/h5-10H,4H2,1-3H3,(H2,19,20,21,22). The third-order valence-electron chi connectivity index (χ3n) is 3.70. The van der Waals surface area contributed by atoms with E-state index < -0.39 is 6.09 Å². The fourth-order valence-electron chi connectivity index (χ4n) is 2.52. The molecule has 0 aliphatic rings. The number of aromatic nitrogens is 2. The third kappa shape index (κ3) is 3.50. The van der Waals surface area contributed by atoms with Gasteiger partial charge in [0.1, 0.15) is 0 Å². The predicted molar refractivity (Wildman–Crippen MR) is 95.3 cm³/mol. The molecular weight excluding hydrogens is 322 g/mol. The smallest absolute Gasteiger partial charge is 0.413 e. The highest BCUT2D eigenvalue weighted by molar-refractivity contribution is 5.88. The van der Waals surface area contributed by atoms with Crippen LogP contribution in [0.5, 0.6) is 11.5 Å². The average molecular weight is 341 g/mol. The molecule has 0 spiro atoms. The highest BCUT2D eigenvalue weighted by atomic mass is 16.5. The van der Waals surface area contributed by atoms with Gasteiger partial charge >= 0.3 is 6.09 Å². The number of carbonyl (C=O) groups excluding carboxylic acids is 1. The molecule has 1 heterocycles. The van der Waals surface area contributed by atoms with Crippen LogP contribution in [0.1, 0.15) is 6.92 Å². The molecule has 0 saturated heterocycles. The molecule has 3 rings (SSSR count). The SMILES string of the molecule is CCOC(=O)Nc1nc2cc(-c3ccc(OC)c(OC)c3)ccc2[nH]1. The summed E-state index contributed by atoms with van der Waals surface area (Å²) in [5.41, 5.74) is 3.50. The van der Waals surface area contributed by atoms with Crippen molar-refractivity contribution in [2.45, 2.75) is 6.92 Å². The average Bonchev–Trinajstić information content (AvgIpc) is 3.02. The van der Waals surface area contributed by atoms with E-state index in [0.717, 1.165) is 22.2 Å². The second-order valence-corrected chi connectivity index (χ2v) is 5.23. The molecule has 0 atom stereocenters. The minimum atomic E-state index is -0.540. The number of amides is 1. The molecular formula is C18H19N3O4. The summed E-state index contributed by atoms with van der Waals surface area (Å²) in [5, 5.41) is 2.56. The Kier molecular flexibility index (Phi) is 4.74. The van der Waals surface area contributed by atoms with Crippen LogP contribution in [0.4, 0.5) is 10.7 Å². The van der Waals surface area contributed by atoms with E-state index in [9.17, 15) is 4.79 Å². The Hall–Kier alpha value is -3.22. The number of H-pyrrole nitrogens is 1. The number of methoxy groups -OCH3 is 2. The van der Waals surface area contributed by atoms with Crippen LogP contribution in [-0.4, -0.2) is 36.9 Å². The monoisotopic (exact) mass is 341 g/mol. The van der Waals surface area contributed by atoms with Gasteiger partial charge in [0.15, 0.2) is 11.5 Å². The van der Waals surface area contributed by atoms with Gasteiger partial charge in [0.05, 0.1) is 31.9 Å². The van der Waals surface area contributed by atoms with Gasteiger partial charge in [0.2, 0.25) is 5.95 Å². The van der Waals surface area contributed by atoms with Gasteiger partial charge in [-0.05, 0) is 42.3 Å². The van der Waals surface area contributed by atoms with Crippen LogP contribution >= 0.6 is 0 Å². The number of hydrogen-bond donors (Lipinski definition) is 2. The van der Waals surface area contributed by atoms with Gasteiger partial charge in [-0.25, -0.2) is 9.78 Å². The highest BCUT2D eigenvalue weighted by Crippen LogP contribution is 2.33. The molecule has 0 fully saturated rings. The fourth-order valence-corrected chi connectivity index (χ4v) is 2.52. The summed E-state index contributed by atoms with van der Waals surface area (Å²) in [7, 11) is 3.21. The van der Waals surface area contributed by atoms with E-state index in [1.807, 2.05) is 36.4 Å². The van der Waals surface area contributed by atoms with Gasteiger partial charge in [-0.15, -0.1) is 0 Å². The molecule has 1 amide bonds. The molecule has 2 aromatic carbocycles. The molecule has 3 aromatic rings. The first-order valence-electron chi connectivity index (χ1n) is 7.80. The Morgan fingerprint density at radius 3 is 2.52 bits per heavy atom. The summed E-state index contributed by atoms with van der Waals surface area (Å²) in [6, 6.07) is 11.5. The van der Waals surface area contributed by atoms with Gasteiger partial charge in [-0.3, -0.25) is 5.32 Å². The number of nitrogens with zero attached hydrogens (tertiary/aromatic N) is 1. The van der Waals surface area contributed by atoms with Crippen molar-refractivity contribution in [2.75, 3.05) is 26.1 Å². The lowest BCUT2D eigenvalue weighted by Crippen LogP contribution is -2.14. The van der Waals surface area contributed by atoms with Gasteiger partial charge in [-0.1, -0.05) is 12.1 Å². The molecule has 25 heavy (non-hydrogen) atoms. The first-order chi connectivity index (χ1) is 12.1. The zero-order valence-electron chi connectivity index (χ0n) is 14.3. The van der Waals surface area contributed by atoms with Gasteiger partial charge in [0, 0.05) is 0 Å². The fraction of sp³-hybridized carbons (Fsp3) is 0.222. The topological polar surface area (TPSA) is 85.5 Å². The lowest BCUT2D eigenvalue weighted by atomic mass is 10.0. The number of carbonyl (C=O) groups is 1. The molecule has 7 nitrogen and oxygen atoms in total. The number of hydrogen-bond acceptors (Lipinski definition) is 5. The molecule has 0 unspecified atom stereocenters. The quantitative estimate of drug-likeness (QED) is 0.737. The molecule has 0 radical (unpaired) electrons. The summed E-state index contributed by atoms with van der Waals surface area (Å²) in [6.45, 7) is 2.04. The number of nitrogens with one attached hydrogen (secondary N) is 2. The summed E-state index contributed by atoms with van der Waals surface area (Å²) < 4.78 is 15.5. The van der Waals surface area contributed by atoms with Crippen LogP contribution in [0.2, 0.25) is 0 Å². The Morgan fingerprint density at radius 1 is 1.08 bits per heavy atom. The largest absolute Gasteiger partial charge is 0.493 e. The lowest BCUT2D eigenvalue weighted by molar-refractivity contribution is 0.167. The van der Waals surface area contributed by atoms with E-state index in [4.69, 9.17) is 14.2 Å². The predicted octanol–water partition coefficient (Wildman–Crippen LogP) is 3.82. The number of aromatic amines is 1. The van der Waals surface area contributed by atoms with Crippen LogP contribution in [0.25, 0.3) is 22.2 Å². The van der Waals surface area contributed by atoms with E-state index in [-0.39, 0.29) is 0 Å². The van der Waals surface area contributed by atoms with Crippen molar-refractivity contribution in [1.29, 1.82) is 0 Å². The highest BCUT2D eigenvalue weighted by Gasteiger charge is 2.10. The van der Waals surface area contributed by atoms with E-state index in [1.54, 1.807) is 21.1 Å². The maximum Gasteiger partial charge on any atom is 0.413 e. The van der Waals surface area contributed by atoms with Crippen LogP contribution < -0.4 is 14.8 Å². The maximum atomic E-state index is 11.5. The van der Waals surface area contributed by atoms with Crippen molar-refractivity contribution in [1.82, 2.24) is 9.97 Å². The van der Waals surface area contributed by atoms with Crippen LogP contribution in [-0.2, 0) is 4.74 Å². The molecule has 0 saturated carbocycles. The molecule has 7 heteroatoms. The second-order valence-electron chi connectivity index (χ2n) is 5.23. The van der Waals surface area contributed by atoms with E-state index in [2.05, 4.69) is 15.3 Å². The van der Waals surface area contributed by atoms with Crippen LogP contribution in [0.3, 0.4) is 0 Å². The zero-order chi connectivity index (χ0) is 17.8. The Morgan fingerprint density at radius 2 is 1.80 bits per heavy atom. The third-order valence-corrected chi connectivity index (χ3v) is 3.70. The first-order valence-corrected chi connectivity index (χ1v) is 7.80. The van der Waals surface area contributed by atoms with Gasteiger partial charge < -0.3 is 19.2 Å². The summed E-state index contributed by atoms with van der Waals surface area (Å²) in [5.74, 6) is 1.68. The number of ether oxygens (including phenoxy) is 3. The molecule has 2 N–H and O–H groups in total. The van der Waals surface area contributed by atoms with Crippen molar-refractivity contribution in [3.8, 4) is 22.6 Å². The van der Waals surface area contributed by atoms with E-state index in [1.165, 1.54) is 0 Å². The van der Waals surface area contributed by atoms with Crippen molar-refractivity contribution in [3.05, 3.63) is 36.4 Å².